The average Bonchev–Trinajstić information content (AvgIpc) is 2.32. The largest absolute Gasteiger partial charge is 0.341 e. The summed E-state index contributed by atoms with van der Waals surface area (Å²) in [6.07, 6.45) is 1.43. The van der Waals surface area contributed by atoms with Gasteiger partial charge in [0.05, 0.1) is 0 Å². The van der Waals surface area contributed by atoms with E-state index in [2.05, 4.69) is 5.32 Å². The topological polar surface area (TPSA) is 32.3 Å². The standard InChI is InChI=1S/C13H19ClN2O.ClH/c1-15-9-5-8-13(17)16(2)10-11-6-3-4-7-12(11)14;/h3-4,6-7,15H,5,8-10H2,1-2H3;1H. The van der Waals surface area contributed by atoms with Crippen molar-refractivity contribution in [2.45, 2.75) is 19.4 Å². The molecule has 0 aliphatic carbocycles. The van der Waals surface area contributed by atoms with Gasteiger partial charge in [0.1, 0.15) is 0 Å². The van der Waals surface area contributed by atoms with Gasteiger partial charge in [0.25, 0.3) is 0 Å². The van der Waals surface area contributed by atoms with Gasteiger partial charge in [-0.2, -0.15) is 0 Å². The minimum atomic E-state index is 0. The van der Waals surface area contributed by atoms with Crippen LogP contribution >= 0.6 is 24.0 Å². The van der Waals surface area contributed by atoms with Crippen LogP contribution in [0.4, 0.5) is 0 Å². The van der Waals surface area contributed by atoms with Crippen LogP contribution in [0.3, 0.4) is 0 Å². The Labute approximate surface area is 120 Å². The second kappa shape index (κ2) is 9.20. The van der Waals surface area contributed by atoms with E-state index in [1.54, 1.807) is 4.90 Å². The molecule has 18 heavy (non-hydrogen) atoms. The quantitative estimate of drug-likeness (QED) is 0.817. The van der Waals surface area contributed by atoms with Crippen LogP contribution in [0.2, 0.25) is 5.02 Å². The van der Waals surface area contributed by atoms with Gasteiger partial charge >= 0.3 is 0 Å². The van der Waals surface area contributed by atoms with E-state index < -0.39 is 0 Å². The molecule has 0 saturated carbocycles. The number of nitrogens with one attached hydrogen (secondary N) is 1. The molecule has 1 aromatic carbocycles. The maximum absolute atomic E-state index is 11.8. The van der Waals surface area contributed by atoms with Gasteiger partial charge in [0.15, 0.2) is 0 Å². The van der Waals surface area contributed by atoms with Crippen molar-refractivity contribution in [3.05, 3.63) is 34.9 Å². The molecule has 0 atom stereocenters. The van der Waals surface area contributed by atoms with Crippen LogP contribution in [0.5, 0.6) is 0 Å². The van der Waals surface area contributed by atoms with Gasteiger partial charge in [0.2, 0.25) is 5.91 Å². The monoisotopic (exact) mass is 290 g/mol. The number of carbonyl (C=O) groups excluding carboxylic acids is 1. The Hall–Kier alpha value is -0.770. The van der Waals surface area contributed by atoms with E-state index >= 15 is 0 Å². The first kappa shape index (κ1) is 17.2. The van der Waals surface area contributed by atoms with Crippen molar-refractivity contribution in [1.29, 1.82) is 0 Å². The van der Waals surface area contributed by atoms with Crippen molar-refractivity contribution in [2.75, 3.05) is 20.6 Å². The van der Waals surface area contributed by atoms with Gasteiger partial charge in [-0.15, -0.1) is 12.4 Å². The highest BCUT2D eigenvalue weighted by molar-refractivity contribution is 6.31. The highest BCUT2D eigenvalue weighted by Gasteiger charge is 2.10. The highest BCUT2D eigenvalue weighted by atomic mass is 35.5. The smallest absolute Gasteiger partial charge is 0.222 e. The molecule has 1 rings (SSSR count). The second-order valence-electron chi connectivity index (χ2n) is 4.05. The molecule has 0 bridgehead atoms. The minimum absolute atomic E-state index is 0. The summed E-state index contributed by atoms with van der Waals surface area (Å²) in [6.45, 7) is 1.43. The predicted octanol–water partition coefficient (Wildman–Crippen LogP) is 2.72. The summed E-state index contributed by atoms with van der Waals surface area (Å²) in [4.78, 5) is 13.5. The Morgan fingerprint density at radius 2 is 2.06 bits per heavy atom. The number of nitrogens with zero attached hydrogens (tertiary/aromatic N) is 1. The molecule has 0 aliphatic heterocycles. The maximum atomic E-state index is 11.8. The molecule has 0 fully saturated rings. The summed E-state index contributed by atoms with van der Waals surface area (Å²) in [6, 6.07) is 7.61. The summed E-state index contributed by atoms with van der Waals surface area (Å²) in [5.74, 6) is 0.153. The number of benzene rings is 1. The van der Waals surface area contributed by atoms with Gasteiger partial charge in [0, 0.05) is 25.0 Å². The number of carbonyl (C=O) groups is 1. The molecule has 3 nitrogen and oxygen atoms in total. The molecule has 0 aromatic heterocycles. The lowest BCUT2D eigenvalue weighted by atomic mass is 10.2. The molecule has 0 aliphatic rings. The average molecular weight is 291 g/mol. The minimum Gasteiger partial charge on any atom is -0.341 e. The van der Waals surface area contributed by atoms with Crippen molar-refractivity contribution in [2.24, 2.45) is 0 Å². The molecular formula is C13H20Cl2N2O. The summed E-state index contributed by atoms with van der Waals surface area (Å²) >= 11 is 6.05. The lowest BCUT2D eigenvalue weighted by molar-refractivity contribution is -0.130. The number of hydrogen-bond acceptors (Lipinski definition) is 2. The van der Waals surface area contributed by atoms with E-state index in [1.807, 2.05) is 38.4 Å². The fraction of sp³-hybridized carbons (Fsp3) is 0.462. The van der Waals surface area contributed by atoms with E-state index in [0.717, 1.165) is 18.5 Å². The highest BCUT2D eigenvalue weighted by Crippen LogP contribution is 2.16. The Morgan fingerprint density at radius 1 is 1.39 bits per heavy atom. The lowest BCUT2D eigenvalue weighted by Gasteiger charge is -2.18. The van der Waals surface area contributed by atoms with E-state index in [4.69, 9.17) is 11.6 Å². The molecule has 0 heterocycles. The number of rotatable bonds is 6. The number of amides is 1. The molecule has 102 valence electrons. The first-order valence-electron chi connectivity index (χ1n) is 5.77. The molecule has 1 N–H and O–H groups in total. The van der Waals surface area contributed by atoms with E-state index in [1.165, 1.54) is 0 Å². The van der Waals surface area contributed by atoms with Crippen LogP contribution < -0.4 is 5.32 Å². The normalized spacial score (nSPS) is 9.72. The van der Waals surface area contributed by atoms with Crippen molar-refractivity contribution < 1.29 is 4.79 Å². The Bertz CT molecular complexity index is 372. The van der Waals surface area contributed by atoms with Crippen LogP contribution in [0.1, 0.15) is 18.4 Å². The van der Waals surface area contributed by atoms with Crippen molar-refractivity contribution in [3.63, 3.8) is 0 Å². The van der Waals surface area contributed by atoms with Crippen LogP contribution in [0, 0.1) is 0 Å². The molecule has 1 amide bonds. The number of halogens is 2. The third kappa shape index (κ3) is 5.71. The van der Waals surface area contributed by atoms with Crippen molar-refractivity contribution in [3.8, 4) is 0 Å². The zero-order valence-corrected chi connectivity index (χ0v) is 12.4. The Balaban J connectivity index is 0.00000289. The summed E-state index contributed by atoms with van der Waals surface area (Å²) in [5.41, 5.74) is 0.985. The van der Waals surface area contributed by atoms with Gasteiger partial charge in [-0.25, -0.2) is 0 Å². The Kier molecular flexibility index (Phi) is 8.81. The van der Waals surface area contributed by atoms with E-state index in [0.29, 0.717) is 18.0 Å². The zero-order valence-electron chi connectivity index (χ0n) is 10.8. The lowest BCUT2D eigenvalue weighted by Crippen LogP contribution is -2.26. The summed E-state index contributed by atoms with van der Waals surface area (Å²) in [7, 11) is 3.70. The van der Waals surface area contributed by atoms with Gasteiger partial charge in [-0.05, 0) is 31.6 Å². The van der Waals surface area contributed by atoms with Crippen LogP contribution in [0.25, 0.3) is 0 Å². The van der Waals surface area contributed by atoms with Crippen molar-refractivity contribution >= 4 is 29.9 Å². The molecular weight excluding hydrogens is 271 g/mol. The Morgan fingerprint density at radius 3 is 2.67 bits per heavy atom. The maximum Gasteiger partial charge on any atom is 0.222 e. The zero-order chi connectivity index (χ0) is 12.7. The molecule has 0 radical (unpaired) electrons. The summed E-state index contributed by atoms with van der Waals surface area (Å²) in [5, 5.41) is 3.74. The van der Waals surface area contributed by atoms with Gasteiger partial charge < -0.3 is 10.2 Å². The van der Waals surface area contributed by atoms with E-state index in [-0.39, 0.29) is 18.3 Å². The molecule has 0 spiro atoms. The molecule has 0 unspecified atom stereocenters. The van der Waals surface area contributed by atoms with Crippen molar-refractivity contribution in [1.82, 2.24) is 10.2 Å². The fourth-order valence-electron chi connectivity index (χ4n) is 1.58. The van der Waals surface area contributed by atoms with Gasteiger partial charge in [-0.1, -0.05) is 29.8 Å². The predicted molar refractivity (Wildman–Crippen MR) is 78.3 cm³/mol. The van der Waals surface area contributed by atoms with Crippen LogP contribution in [0.15, 0.2) is 24.3 Å². The third-order valence-corrected chi connectivity index (χ3v) is 2.98. The van der Waals surface area contributed by atoms with Crippen LogP contribution in [-0.4, -0.2) is 31.4 Å². The first-order chi connectivity index (χ1) is 8.15. The SMILES string of the molecule is CNCCCC(=O)N(C)Cc1ccccc1Cl.Cl. The molecule has 0 saturated heterocycles. The first-order valence-corrected chi connectivity index (χ1v) is 6.15. The molecule has 1 aromatic rings. The third-order valence-electron chi connectivity index (χ3n) is 2.61. The van der Waals surface area contributed by atoms with Crippen LogP contribution in [-0.2, 0) is 11.3 Å². The number of hydrogen-bond donors (Lipinski definition) is 1. The summed E-state index contributed by atoms with van der Waals surface area (Å²) < 4.78 is 0. The fourth-order valence-corrected chi connectivity index (χ4v) is 1.77. The second-order valence-corrected chi connectivity index (χ2v) is 4.46. The van der Waals surface area contributed by atoms with Gasteiger partial charge in [-0.3, -0.25) is 4.79 Å². The van der Waals surface area contributed by atoms with E-state index in [9.17, 15) is 4.79 Å². The molecule has 5 heteroatoms.